The first-order chi connectivity index (χ1) is 18.8. The van der Waals surface area contributed by atoms with Crippen LogP contribution in [0.2, 0.25) is 5.02 Å². The van der Waals surface area contributed by atoms with Gasteiger partial charge in [0.05, 0.1) is 46.8 Å². The topological polar surface area (TPSA) is 134 Å². The fourth-order valence-corrected chi connectivity index (χ4v) is 3.41. The third kappa shape index (κ3) is 7.62. The van der Waals surface area contributed by atoms with Gasteiger partial charge in [-0.25, -0.2) is 10.2 Å². The van der Waals surface area contributed by atoms with Gasteiger partial charge >= 0.3 is 5.97 Å². The number of hydrogen-bond acceptors (Lipinski definition) is 9. The fraction of sp³-hybridized carbons (Fsp3) is 0.185. The third-order valence-electron chi connectivity index (χ3n) is 5.21. The maximum Gasteiger partial charge on any atom is 0.343 e. The van der Waals surface area contributed by atoms with Crippen molar-refractivity contribution in [3.63, 3.8) is 0 Å². The van der Waals surface area contributed by atoms with Crippen LogP contribution in [0.1, 0.15) is 26.3 Å². The van der Waals surface area contributed by atoms with Crippen molar-refractivity contribution in [2.45, 2.75) is 0 Å². The molecule has 0 aromatic heterocycles. The predicted octanol–water partition coefficient (Wildman–Crippen LogP) is 3.47. The summed E-state index contributed by atoms with van der Waals surface area (Å²) in [6.45, 7) is -0.280. The Morgan fingerprint density at radius 3 is 2.03 bits per heavy atom. The van der Waals surface area contributed by atoms with Crippen LogP contribution in [0, 0.1) is 0 Å². The molecular weight excluding hydrogens is 530 g/mol. The lowest BCUT2D eigenvalue weighted by Gasteiger charge is -2.14. The number of ether oxygens (including phenoxy) is 5. The first kappa shape index (κ1) is 28.8. The van der Waals surface area contributed by atoms with Crippen LogP contribution < -0.4 is 34.4 Å². The summed E-state index contributed by atoms with van der Waals surface area (Å²) in [7, 11) is 5.75. The Bertz CT molecular complexity index is 1350. The Hall–Kier alpha value is -4.77. The van der Waals surface area contributed by atoms with E-state index in [1.807, 2.05) is 0 Å². The summed E-state index contributed by atoms with van der Waals surface area (Å²) >= 11 is 5.80. The second kappa shape index (κ2) is 13.7. The van der Waals surface area contributed by atoms with Crippen molar-refractivity contribution in [2.75, 3.05) is 35.0 Å². The molecular formula is C27H26ClN3O8. The van der Waals surface area contributed by atoms with Crippen LogP contribution in [0.15, 0.2) is 59.7 Å². The number of hydrazone groups is 1. The molecule has 2 N–H and O–H groups in total. The normalized spacial score (nSPS) is 10.5. The van der Waals surface area contributed by atoms with E-state index < -0.39 is 17.8 Å². The Labute approximate surface area is 229 Å². The number of rotatable bonds is 11. The highest BCUT2D eigenvalue weighted by Crippen LogP contribution is 2.38. The van der Waals surface area contributed by atoms with Gasteiger partial charge in [-0.1, -0.05) is 11.6 Å². The third-order valence-corrected chi connectivity index (χ3v) is 5.46. The molecule has 0 aliphatic rings. The summed E-state index contributed by atoms with van der Waals surface area (Å²) in [5.74, 6) is -0.286. The molecule has 2 amide bonds. The lowest BCUT2D eigenvalue weighted by Crippen LogP contribution is -2.34. The van der Waals surface area contributed by atoms with E-state index in [1.165, 1.54) is 52.9 Å². The number of carbonyl (C=O) groups is 3. The molecule has 0 bridgehead atoms. The van der Waals surface area contributed by atoms with Gasteiger partial charge in [-0.05, 0) is 60.2 Å². The Morgan fingerprint density at radius 2 is 1.44 bits per heavy atom. The first-order valence-electron chi connectivity index (χ1n) is 11.4. The monoisotopic (exact) mass is 555 g/mol. The SMILES string of the molecule is COc1cc(/C=N\NC(=O)CNC(=O)c2ccc(Cl)cc2)ccc1OC(=O)c1cc(OC)c(OC)c(OC)c1. The molecule has 3 rings (SSSR count). The highest BCUT2D eigenvalue weighted by molar-refractivity contribution is 6.30. The van der Waals surface area contributed by atoms with Gasteiger partial charge in [0.15, 0.2) is 23.0 Å². The number of nitrogens with one attached hydrogen (secondary N) is 2. The summed E-state index contributed by atoms with van der Waals surface area (Å²) in [4.78, 5) is 36.9. The standard InChI is InChI=1S/C27H26ClN3O8/c1-35-21-11-16(14-30-31-24(32)15-29-26(33)17-6-8-19(28)9-7-17)5-10-20(21)39-27(34)18-12-22(36-2)25(38-4)23(13-18)37-3/h5-14H,15H2,1-4H3,(H,29,33)(H,31,32)/b30-14-. The van der Waals surface area contributed by atoms with Gasteiger partial charge in [-0.3, -0.25) is 9.59 Å². The smallest absolute Gasteiger partial charge is 0.343 e. The average molecular weight is 556 g/mol. The molecule has 0 aliphatic carbocycles. The van der Waals surface area contributed by atoms with Gasteiger partial charge in [-0.2, -0.15) is 5.10 Å². The molecule has 12 heteroatoms. The first-order valence-corrected chi connectivity index (χ1v) is 11.7. The minimum absolute atomic E-state index is 0.155. The molecule has 0 fully saturated rings. The predicted molar refractivity (Wildman–Crippen MR) is 144 cm³/mol. The van der Waals surface area contributed by atoms with Gasteiger partial charge in [-0.15, -0.1) is 0 Å². The quantitative estimate of drug-likeness (QED) is 0.159. The summed E-state index contributed by atoms with van der Waals surface area (Å²) < 4.78 is 26.7. The minimum atomic E-state index is -0.679. The van der Waals surface area contributed by atoms with Crippen molar-refractivity contribution < 1.29 is 38.1 Å². The molecule has 3 aromatic carbocycles. The Kier molecular flexibility index (Phi) is 10.1. The van der Waals surface area contributed by atoms with Gasteiger partial charge in [0, 0.05) is 10.6 Å². The highest BCUT2D eigenvalue weighted by Gasteiger charge is 2.19. The lowest BCUT2D eigenvalue weighted by atomic mass is 10.1. The van der Waals surface area contributed by atoms with E-state index in [-0.39, 0.29) is 23.6 Å². The Balaban J connectivity index is 1.61. The molecule has 3 aromatic rings. The highest BCUT2D eigenvalue weighted by atomic mass is 35.5. The molecule has 39 heavy (non-hydrogen) atoms. The fourth-order valence-electron chi connectivity index (χ4n) is 3.29. The number of amides is 2. The number of nitrogens with zero attached hydrogens (tertiary/aromatic N) is 1. The second-order valence-electron chi connectivity index (χ2n) is 7.70. The molecule has 0 saturated carbocycles. The van der Waals surface area contributed by atoms with E-state index in [1.54, 1.807) is 36.4 Å². The number of esters is 1. The molecule has 0 atom stereocenters. The van der Waals surface area contributed by atoms with Crippen molar-refractivity contribution in [3.8, 4) is 28.7 Å². The zero-order chi connectivity index (χ0) is 28.4. The number of halogens is 1. The number of methoxy groups -OCH3 is 4. The summed E-state index contributed by atoms with van der Waals surface area (Å²) in [6.07, 6.45) is 1.37. The van der Waals surface area contributed by atoms with Crippen molar-refractivity contribution in [2.24, 2.45) is 5.10 Å². The van der Waals surface area contributed by atoms with E-state index in [4.69, 9.17) is 35.3 Å². The van der Waals surface area contributed by atoms with Crippen LogP contribution >= 0.6 is 11.6 Å². The van der Waals surface area contributed by atoms with Gasteiger partial charge in [0.25, 0.3) is 11.8 Å². The lowest BCUT2D eigenvalue weighted by molar-refractivity contribution is -0.120. The van der Waals surface area contributed by atoms with Crippen molar-refractivity contribution >= 4 is 35.6 Å². The largest absolute Gasteiger partial charge is 0.493 e. The second-order valence-corrected chi connectivity index (χ2v) is 8.13. The minimum Gasteiger partial charge on any atom is -0.493 e. The molecule has 0 radical (unpaired) electrons. The van der Waals surface area contributed by atoms with Gasteiger partial charge in [0.2, 0.25) is 5.75 Å². The average Bonchev–Trinajstić information content (AvgIpc) is 2.95. The summed E-state index contributed by atoms with van der Waals surface area (Å²) in [5.41, 5.74) is 3.40. The molecule has 204 valence electrons. The molecule has 0 unspecified atom stereocenters. The number of benzene rings is 3. The van der Waals surface area contributed by atoms with E-state index in [0.29, 0.717) is 33.4 Å². The summed E-state index contributed by atoms with van der Waals surface area (Å²) in [6, 6.07) is 13.9. The van der Waals surface area contributed by atoms with Crippen LogP contribution in [0.3, 0.4) is 0 Å². The molecule has 0 aliphatic heterocycles. The van der Waals surface area contributed by atoms with Gasteiger partial charge in [0.1, 0.15) is 0 Å². The van der Waals surface area contributed by atoms with Crippen molar-refractivity contribution in [1.29, 1.82) is 0 Å². The van der Waals surface area contributed by atoms with E-state index in [0.717, 1.165) is 0 Å². The maximum absolute atomic E-state index is 12.8. The molecule has 11 nitrogen and oxygen atoms in total. The van der Waals surface area contributed by atoms with Crippen LogP contribution in [0.25, 0.3) is 0 Å². The molecule has 0 saturated heterocycles. The number of hydrogen-bond donors (Lipinski definition) is 2. The van der Waals surface area contributed by atoms with Crippen LogP contribution in [0.4, 0.5) is 0 Å². The Morgan fingerprint density at radius 1 is 0.795 bits per heavy atom. The molecule has 0 spiro atoms. The number of carbonyl (C=O) groups excluding carboxylic acids is 3. The molecule has 0 heterocycles. The zero-order valence-electron chi connectivity index (χ0n) is 21.6. The van der Waals surface area contributed by atoms with E-state index in [2.05, 4.69) is 15.8 Å². The maximum atomic E-state index is 12.8. The summed E-state index contributed by atoms with van der Waals surface area (Å²) in [5, 5.41) is 6.86. The van der Waals surface area contributed by atoms with E-state index >= 15 is 0 Å². The van der Waals surface area contributed by atoms with Crippen LogP contribution in [0.5, 0.6) is 28.7 Å². The van der Waals surface area contributed by atoms with Crippen molar-refractivity contribution in [1.82, 2.24) is 10.7 Å². The zero-order valence-corrected chi connectivity index (χ0v) is 22.3. The van der Waals surface area contributed by atoms with Crippen LogP contribution in [-0.2, 0) is 4.79 Å². The van der Waals surface area contributed by atoms with Crippen molar-refractivity contribution in [3.05, 3.63) is 76.3 Å². The van der Waals surface area contributed by atoms with Crippen LogP contribution in [-0.4, -0.2) is 59.0 Å². The van der Waals surface area contributed by atoms with Gasteiger partial charge < -0.3 is 29.0 Å². The van der Waals surface area contributed by atoms with E-state index in [9.17, 15) is 14.4 Å².